The molecule has 1 heterocycles. The van der Waals surface area contributed by atoms with Crippen molar-refractivity contribution in [2.45, 2.75) is 19.9 Å². The topological polar surface area (TPSA) is 66.8 Å². The standard InChI is InChI=1S/C26H21ClFNO4/c1-14-7-9-18(13-20(14)27)29-23(16-5-4-6-19(12-16)33-3)22(25(31)26(29)32)24(30)17-8-10-21(28)15(2)11-17/h4-13,23,30H,1-3H3/b24-22+. The molecule has 3 aromatic rings. The number of aryl methyl sites for hydroxylation is 2. The Hall–Kier alpha value is -3.64. The van der Waals surface area contributed by atoms with E-state index in [-0.39, 0.29) is 16.9 Å². The fourth-order valence-electron chi connectivity index (χ4n) is 3.90. The normalized spacial score (nSPS) is 17.5. The van der Waals surface area contributed by atoms with E-state index >= 15 is 0 Å². The zero-order valence-corrected chi connectivity index (χ0v) is 19.0. The minimum atomic E-state index is -0.941. The molecule has 1 N–H and O–H groups in total. The third kappa shape index (κ3) is 3.98. The lowest BCUT2D eigenvalue weighted by molar-refractivity contribution is -0.132. The van der Waals surface area contributed by atoms with E-state index in [9.17, 15) is 19.1 Å². The lowest BCUT2D eigenvalue weighted by Gasteiger charge is -2.26. The maximum Gasteiger partial charge on any atom is 0.300 e. The summed E-state index contributed by atoms with van der Waals surface area (Å²) in [4.78, 5) is 27.7. The van der Waals surface area contributed by atoms with E-state index in [0.29, 0.717) is 27.6 Å². The average Bonchev–Trinajstić information content (AvgIpc) is 3.07. The maximum absolute atomic E-state index is 13.8. The monoisotopic (exact) mass is 465 g/mol. The highest BCUT2D eigenvalue weighted by Crippen LogP contribution is 2.43. The summed E-state index contributed by atoms with van der Waals surface area (Å²) in [5, 5.41) is 11.6. The molecule has 1 unspecified atom stereocenters. The van der Waals surface area contributed by atoms with Gasteiger partial charge in [0.15, 0.2) is 0 Å². The van der Waals surface area contributed by atoms with Crippen molar-refractivity contribution in [3.63, 3.8) is 0 Å². The number of hydrogen-bond acceptors (Lipinski definition) is 4. The molecule has 1 saturated heterocycles. The summed E-state index contributed by atoms with van der Waals surface area (Å²) in [6.07, 6.45) is 0. The molecule has 3 aromatic carbocycles. The van der Waals surface area contributed by atoms with Crippen molar-refractivity contribution in [1.82, 2.24) is 0 Å². The number of carbonyl (C=O) groups is 2. The summed E-state index contributed by atoms with van der Waals surface area (Å²) < 4.78 is 19.1. The van der Waals surface area contributed by atoms with Gasteiger partial charge in [-0.05, 0) is 73.0 Å². The molecule has 5 nitrogen and oxygen atoms in total. The van der Waals surface area contributed by atoms with E-state index in [4.69, 9.17) is 16.3 Å². The number of ether oxygens (including phenoxy) is 1. The molecular weight excluding hydrogens is 445 g/mol. The summed E-state index contributed by atoms with van der Waals surface area (Å²) in [6.45, 7) is 3.38. The molecule has 0 bridgehead atoms. The number of nitrogens with zero attached hydrogens (tertiary/aromatic N) is 1. The number of ketones is 1. The minimum absolute atomic E-state index is 0.101. The number of amides is 1. The summed E-state index contributed by atoms with van der Waals surface area (Å²) in [5.41, 5.74) is 2.23. The summed E-state index contributed by atoms with van der Waals surface area (Å²) in [7, 11) is 1.51. The van der Waals surface area contributed by atoms with Gasteiger partial charge in [0, 0.05) is 16.3 Å². The lowest BCUT2D eigenvalue weighted by atomic mass is 9.94. The third-order valence-corrected chi connectivity index (χ3v) is 6.13. The summed E-state index contributed by atoms with van der Waals surface area (Å²) in [6, 6.07) is 15.0. The van der Waals surface area contributed by atoms with Crippen LogP contribution in [0.15, 0.2) is 66.2 Å². The first-order chi connectivity index (χ1) is 15.7. The van der Waals surface area contributed by atoms with Crippen LogP contribution in [0.1, 0.15) is 28.3 Å². The third-order valence-electron chi connectivity index (χ3n) is 5.72. The van der Waals surface area contributed by atoms with Gasteiger partial charge in [0.1, 0.15) is 17.3 Å². The van der Waals surface area contributed by atoms with Crippen molar-refractivity contribution in [2.24, 2.45) is 0 Å². The molecule has 0 radical (unpaired) electrons. The van der Waals surface area contributed by atoms with Gasteiger partial charge in [0.2, 0.25) is 0 Å². The van der Waals surface area contributed by atoms with Gasteiger partial charge in [-0.3, -0.25) is 14.5 Å². The maximum atomic E-state index is 13.8. The lowest BCUT2D eigenvalue weighted by Crippen LogP contribution is -2.29. The van der Waals surface area contributed by atoms with E-state index in [1.54, 1.807) is 49.4 Å². The second-order valence-corrected chi connectivity index (χ2v) is 8.25. The molecule has 7 heteroatoms. The Kier molecular flexibility index (Phi) is 5.95. The number of carbonyl (C=O) groups excluding carboxylic acids is 2. The Morgan fingerprint density at radius 1 is 1.03 bits per heavy atom. The van der Waals surface area contributed by atoms with Gasteiger partial charge < -0.3 is 9.84 Å². The molecule has 1 fully saturated rings. The van der Waals surface area contributed by atoms with Crippen LogP contribution in [-0.2, 0) is 9.59 Å². The van der Waals surface area contributed by atoms with Gasteiger partial charge in [-0.15, -0.1) is 0 Å². The van der Waals surface area contributed by atoms with Crippen molar-refractivity contribution in [3.05, 3.63) is 99.3 Å². The number of hydrogen-bond donors (Lipinski definition) is 1. The van der Waals surface area contributed by atoms with Crippen LogP contribution in [0.5, 0.6) is 5.75 Å². The van der Waals surface area contributed by atoms with Crippen molar-refractivity contribution in [2.75, 3.05) is 12.0 Å². The smallest absolute Gasteiger partial charge is 0.300 e. The van der Waals surface area contributed by atoms with Gasteiger partial charge in [0.05, 0.1) is 18.7 Å². The molecule has 4 rings (SSSR count). The van der Waals surface area contributed by atoms with Crippen molar-refractivity contribution >= 4 is 34.7 Å². The molecule has 33 heavy (non-hydrogen) atoms. The van der Waals surface area contributed by atoms with Crippen LogP contribution in [0.25, 0.3) is 5.76 Å². The van der Waals surface area contributed by atoms with E-state index in [1.165, 1.54) is 30.2 Å². The Bertz CT molecular complexity index is 1320. The average molecular weight is 466 g/mol. The SMILES string of the molecule is COc1cccc(C2/C(=C(\O)c3ccc(F)c(C)c3)C(=O)C(=O)N2c2ccc(C)c(Cl)c2)c1. The fraction of sp³-hybridized carbons (Fsp3) is 0.154. The number of aliphatic hydroxyl groups is 1. The van der Waals surface area contributed by atoms with Crippen LogP contribution in [-0.4, -0.2) is 23.9 Å². The Morgan fingerprint density at radius 3 is 2.45 bits per heavy atom. The fourth-order valence-corrected chi connectivity index (χ4v) is 4.08. The zero-order chi connectivity index (χ0) is 23.9. The molecule has 1 amide bonds. The first-order valence-electron chi connectivity index (χ1n) is 10.2. The Balaban J connectivity index is 1.97. The van der Waals surface area contributed by atoms with Crippen molar-refractivity contribution < 1.29 is 23.8 Å². The predicted molar refractivity (Wildman–Crippen MR) is 125 cm³/mol. The number of rotatable bonds is 4. The molecule has 1 aliphatic heterocycles. The summed E-state index contributed by atoms with van der Waals surface area (Å²) >= 11 is 6.31. The summed E-state index contributed by atoms with van der Waals surface area (Å²) in [5.74, 6) is -1.95. The van der Waals surface area contributed by atoms with Crippen LogP contribution in [0.4, 0.5) is 10.1 Å². The molecule has 1 aliphatic rings. The number of Topliss-reactive ketones (excluding diaryl/α,β-unsaturated/α-hetero) is 1. The van der Waals surface area contributed by atoms with Crippen LogP contribution in [0.3, 0.4) is 0 Å². The van der Waals surface area contributed by atoms with Gasteiger partial charge in [0.25, 0.3) is 11.7 Å². The first kappa shape index (κ1) is 22.6. The van der Waals surface area contributed by atoms with Crippen molar-refractivity contribution in [3.8, 4) is 5.75 Å². The van der Waals surface area contributed by atoms with E-state index in [1.807, 2.05) is 6.92 Å². The highest BCUT2D eigenvalue weighted by atomic mass is 35.5. The molecule has 0 spiro atoms. The Labute approximate surface area is 195 Å². The number of benzene rings is 3. The van der Waals surface area contributed by atoms with E-state index in [2.05, 4.69) is 0 Å². The quantitative estimate of drug-likeness (QED) is 0.303. The van der Waals surface area contributed by atoms with E-state index in [0.717, 1.165) is 5.56 Å². The van der Waals surface area contributed by atoms with Crippen LogP contribution >= 0.6 is 11.6 Å². The van der Waals surface area contributed by atoms with Gasteiger partial charge in [-0.2, -0.15) is 0 Å². The number of halogens is 2. The van der Waals surface area contributed by atoms with Crippen LogP contribution < -0.4 is 9.64 Å². The number of anilines is 1. The Morgan fingerprint density at radius 2 is 1.79 bits per heavy atom. The van der Waals surface area contributed by atoms with Gasteiger partial charge in [-0.25, -0.2) is 4.39 Å². The second-order valence-electron chi connectivity index (χ2n) is 7.84. The minimum Gasteiger partial charge on any atom is -0.507 e. The highest BCUT2D eigenvalue weighted by Gasteiger charge is 2.47. The van der Waals surface area contributed by atoms with E-state index < -0.39 is 23.5 Å². The largest absolute Gasteiger partial charge is 0.507 e. The molecule has 1 atom stereocenters. The molecule has 168 valence electrons. The first-order valence-corrected chi connectivity index (χ1v) is 10.6. The zero-order valence-electron chi connectivity index (χ0n) is 18.2. The van der Waals surface area contributed by atoms with Crippen LogP contribution in [0.2, 0.25) is 5.02 Å². The van der Waals surface area contributed by atoms with Gasteiger partial charge >= 0.3 is 0 Å². The second kappa shape index (κ2) is 8.71. The molecule has 0 aromatic heterocycles. The van der Waals surface area contributed by atoms with Gasteiger partial charge in [-0.1, -0.05) is 29.8 Å². The highest BCUT2D eigenvalue weighted by molar-refractivity contribution is 6.51. The molecular formula is C26H21ClFNO4. The van der Waals surface area contributed by atoms with Crippen molar-refractivity contribution in [1.29, 1.82) is 0 Å². The number of aliphatic hydroxyl groups excluding tert-OH is 1. The van der Waals surface area contributed by atoms with Crippen LogP contribution in [0, 0.1) is 19.7 Å². The number of methoxy groups -OCH3 is 1. The molecule has 0 saturated carbocycles. The molecule has 0 aliphatic carbocycles. The predicted octanol–water partition coefficient (Wildman–Crippen LogP) is 5.73.